The molecule has 0 bridgehead atoms. The van der Waals surface area contributed by atoms with E-state index >= 15 is 0 Å². The van der Waals surface area contributed by atoms with Gasteiger partial charge in [0, 0.05) is 1.37 Å². The van der Waals surface area contributed by atoms with E-state index in [1.807, 2.05) is 0 Å². The van der Waals surface area contributed by atoms with E-state index in [-0.39, 0.29) is 0 Å². The fourth-order valence-electron chi connectivity index (χ4n) is 1.48. The molecule has 0 aromatic carbocycles. The molecule has 0 saturated heterocycles. The summed E-state index contributed by atoms with van der Waals surface area (Å²) >= 11 is 0. The summed E-state index contributed by atoms with van der Waals surface area (Å²) in [5, 5.41) is 8.55. The smallest absolute Gasteiger partial charge is 0.320 e. The second-order valence-electron chi connectivity index (χ2n) is 3.11. The van der Waals surface area contributed by atoms with Crippen molar-refractivity contribution in [2.45, 2.75) is 38.1 Å². The molecule has 1 aliphatic rings. The number of nitrogens with two attached hydrogens (primary N) is 1. The zero-order chi connectivity index (χ0) is 9.19. The topological polar surface area (TPSA) is 63.3 Å². The molecule has 11 heavy (non-hydrogen) atoms. The van der Waals surface area contributed by atoms with Gasteiger partial charge in [0.05, 0.1) is 0 Å². The molecule has 0 aromatic rings. The minimum absolute atomic E-state index is 0.294. The van der Waals surface area contributed by atoms with Crippen molar-refractivity contribution >= 4 is 5.97 Å². The molecule has 1 aliphatic carbocycles. The number of aliphatic carboxylic acids is 1. The Morgan fingerprint density at radius 3 is 2.73 bits per heavy atom. The third-order valence-corrected chi connectivity index (χ3v) is 2.14. The molecule has 0 amide bonds. The zero-order valence-electron chi connectivity index (χ0n) is 7.55. The number of hydrogen-bond acceptors (Lipinski definition) is 2. The fourth-order valence-corrected chi connectivity index (χ4v) is 1.48. The van der Waals surface area contributed by atoms with Crippen molar-refractivity contribution in [3.05, 3.63) is 0 Å². The number of carboxylic acid groups (broad SMARTS) is 1. The summed E-state index contributed by atoms with van der Waals surface area (Å²) < 4.78 is 7.86. The van der Waals surface area contributed by atoms with Crippen LogP contribution in [-0.4, -0.2) is 17.1 Å². The second-order valence-corrected chi connectivity index (χ2v) is 3.11. The number of hydrogen-bond donors (Lipinski definition) is 2. The van der Waals surface area contributed by atoms with Gasteiger partial charge in [0.15, 0.2) is 0 Å². The summed E-state index contributed by atoms with van der Waals surface area (Å²) in [7, 11) is 0. The summed E-state index contributed by atoms with van der Waals surface area (Å²) in [6, 6.07) is -0.861. The quantitative estimate of drug-likeness (QED) is 0.643. The largest absolute Gasteiger partial charge is 0.480 e. The molecular formula is C8H15NO2. The molecule has 0 aliphatic heterocycles. The van der Waals surface area contributed by atoms with Gasteiger partial charge in [0.1, 0.15) is 6.04 Å². The lowest BCUT2D eigenvalue weighted by Gasteiger charge is -2.11. The molecular weight excluding hydrogens is 142 g/mol. The summed E-state index contributed by atoms with van der Waals surface area (Å²) in [4.78, 5) is 10.4. The lowest BCUT2D eigenvalue weighted by molar-refractivity contribution is -0.138. The van der Waals surface area contributed by atoms with Gasteiger partial charge in [0.25, 0.3) is 0 Å². The highest BCUT2D eigenvalue weighted by Crippen LogP contribution is 2.28. The van der Waals surface area contributed by atoms with Crippen LogP contribution in [0.4, 0.5) is 0 Å². The van der Waals surface area contributed by atoms with Crippen LogP contribution in [0.15, 0.2) is 0 Å². The Morgan fingerprint density at radius 2 is 2.27 bits per heavy atom. The van der Waals surface area contributed by atoms with Gasteiger partial charge >= 0.3 is 5.97 Å². The normalized spacial score (nSPS) is 26.1. The first-order valence-electron chi connectivity index (χ1n) is 4.52. The first-order chi connectivity index (χ1) is 5.53. The van der Waals surface area contributed by atoms with E-state index in [1.54, 1.807) is 0 Å². The summed E-state index contributed by atoms with van der Waals surface area (Å²) in [6.07, 6.45) is 3.97. The minimum Gasteiger partial charge on any atom is -0.480 e. The summed E-state index contributed by atoms with van der Waals surface area (Å²) in [6.45, 7) is 0. The van der Waals surface area contributed by atoms with E-state index in [1.165, 1.54) is 0 Å². The van der Waals surface area contributed by atoms with E-state index in [4.69, 9.17) is 12.2 Å². The van der Waals surface area contributed by atoms with Crippen LogP contribution in [0, 0.1) is 5.89 Å². The molecule has 0 spiro atoms. The maximum absolute atomic E-state index is 10.4. The van der Waals surface area contributed by atoms with Crippen LogP contribution in [0.2, 0.25) is 0 Å². The Hall–Kier alpha value is -0.570. The van der Waals surface area contributed by atoms with Crippen LogP contribution >= 0.6 is 0 Å². The van der Waals surface area contributed by atoms with Crippen LogP contribution in [0.1, 0.15) is 33.5 Å². The molecule has 1 rings (SSSR count). The second kappa shape index (κ2) is 3.72. The molecule has 1 atom stereocenters. The first kappa shape index (κ1) is 7.10. The highest BCUT2D eigenvalue weighted by Gasteiger charge is 2.21. The molecule has 0 unspecified atom stereocenters. The maximum atomic E-state index is 10.4. The lowest BCUT2D eigenvalue weighted by Crippen LogP contribution is -2.31. The molecule has 3 N–H and O–H groups in total. The van der Waals surface area contributed by atoms with Crippen LogP contribution in [0.5, 0.6) is 0 Å². The lowest BCUT2D eigenvalue weighted by atomic mass is 9.99. The Bertz CT molecular complexity index is 178. The third kappa shape index (κ3) is 2.50. The Kier molecular flexibility index (Phi) is 2.40. The molecule has 1 fully saturated rings. The molecule has 1 saturated carbocycles. The summed E-state index contributed by atoms with van der Waals surface area (Å²) in [5.41, 5.74) is 5.36. The SMILES string of the molecule is [2H]C1(C[C@H](N)C(=O)O)CCCC1. The van der Waals surface area contributed by atoms with Gasteiger partial charge in [0.2, 0.25) is 0 Å². The Labute approximate surface area is 68.0 Å². The standard InChI is InChI=1S/C8H15NO2/c9-7(8(10)11)5-6-3-1-2-4-6/h6-7H,1-5,9H2,(H,10,11)/t7-/m0/s1/i6D. The molecule has 0 radical (unpaired) electrons. The Balaban J connectivity index is 2.43. The van der Waals surface area contributed by atoms with Gasteiger partial charge in [-0.05, 0) is 12.3 Å². The van der Waals surface area contributed by atoms with E-state index in [0.29, 0.717) is 6.42 Å². The van der Waals surface area contributed by atoms with E-state index in [2.05, 4.69) is 0 Å². The van der Waals surface area contributed by atoms with Crippen molar-refractivity contribution in [2.75, 3.05) is 0 Å². The van der Waals surface area contributed by atoms with E-state index in [9.17, 15) is 4.79 Å². The number of carbonyl (C=O) groups is 1. The third-order valence-electron chi connectivity index (χ3n) is 2.14. The fraction of sp³-hybridized carbons (Fsp3) is 0.875. The van der Waals surface area contributed by atoms with Crippen molar-refractivity contribution in [3.8, 4) is 0 Å². The molecule has 3 heteroatoms. The van der Waals surface area contributed by atoms with Gasteiger partial charge < -0.3 is 10.8 Å². The van der Waals surface area contributed by atoms with E-state index in [0.717, 1.165) is 25.7 Å². The number of rotatable bonds is 3. The highest BCUT2D eigenvalue weighted by atomic mass is 16.4. The van der Waals surface area contributed by atoms with Gasteiger partial charge in [-0.2, -0.15) is 0 Å². The molecule has 0 aromatic heterocycles. The molecule has 64 valence electrons. The maximum Gasteiger partial charge on any atom is 0.320 e. The number of carboxylic acids is 1. The van der Waals surface area contributed by atoms with Gasteiger partial charge in [-0.1, -0.05) is 25.7 Å². The van der Waals surface area contributed by atoms with Crippen LogP contribution < -0.4 is 5.73 Å². The van der Waals surface area contributed by atoms with Crippen molar-refractivity contribution in [1.82, 2.24) is 0 Å². The average Bonchev–Trinajstić information content (AvgIpc) is 2.35. The van der Waals surface area contributed by atoms with Crippen LogP contribution in [-0.2, 0) is 4.79 Å². The van der Waals surface area contributed by atoms with Crippen LogP contribution in [0.25, 0.3) is 0 Å². The van der Waals surface area contributed by atoms with Crippen molar-refractivity contribution < 1.29 is 11.3 Å². The van der Waals surface area contributed by atoms with Crippen LogP contribution in [0.3, 0.4) is 0 Å². The molecule has 0 heterocycles. The van der Waals surface area contributed by atoms with Crippen molar-refractivity contribution in [3.63, 3.8) is 0 Å². The first-order valence-corrected chi connectivity index (χ1v) is 4.02. The minimum atomic E-state index is -0.992. The van der Waals surface area contributed by atoms with Gasteiger partial charge in [-0.3, -0.25) is 4.79 Å². The Morgan fingerprint density at radius 1 is 1.73 bits per heavy atom. The monoisotopic (exact) mass is 158 g/mol. The predicted octanol–water partition coefficient (Wildman–Crippen LogP) is 0.979. The highest BCUT2D eigenvalue weighted by molar-refractivity contribution is 5.73. The van der Waals surface area contributed by atoms with Gasteiger partial charge in [-0.15, -0.1) is 0 Å². The van der Waals surface area contributed by atoms with Crippen molar-refractivity contribution in [2.24, 2.45) is 11.6 Å². The van der Waals surface area contributed by atoms with E-state index < -0.39 is 17.9 Å². The zero-order valence-corrected chi connectivity index (χ0v) is 6.55. The summed E-state index contributed by atoms with van der Waals surface area (Å²) in [5.74, 6) is -1.55. The predicted molar refractivity (Wildman–Crippen MR) is 42.2 cm³/mol. The average molecular weight is 158 g/mol. The molecule has 3 nitrogen and oxygen atoms in total. The van der Waals surface area contributed by atoms with Crippen molar-refractivity contribution in [1.29, 1.82) is 0 Å². The van der Waals surface area contributed by atoms with Gasteiger partial charge in [-0.25, -0.2) is 0 Å².